The predicted molar refractivity (Wildman–Crippen MR) is 165 cm³/mol. The van der Waals surface area contributed by atoms with Gasteiger partial charge in [-0.3, -0.25) is 14.3 Å². The number of carbonyl (C=O) groups is 2. The Morgan fingerprint density at radius 2 is 1.55 bits per heavy atom. The molecule has 38 heavy (non-hydrogen) atoms. The maximum Gasteiger partial charge on any atom is 0.221 e. The predicted octanol–water partition coefficient (Wildman–Crippen LogP) is 7.84. The van der Waals surface area contributed by atoms with Gasteiger partial charge in [0, 0.05) is 36.8 Å². The molecule has 3 aromatic carbocycles. The highest BCUT2D eigenvalue weighted by atomic mass is 32.2. The lowest BCUT2D eigenvalue weighted by molar-refractivity contribution is -0.114. The SMILES string of the molecule is C=CC=O.CC.CCCCNSc1ccccc1-c1ccc(NC)cc1.COc1ccc(NC(C)=O)cc1. The average molecular weight is 538 g/mol. The molecule has 0 saturated carbocycles. The van der Waals surface area contributed by atoms with Gasteiger partial charge in [0.15, 0.2) is 0 Å². The van der Waals surface area contributed by atoms with Gasteiger partial charge in [-0.2, -0.15) is 0 Å². The molecule has 0 saturated heterocycles. The molecule has 6 nitrogen and oxygen atoms in total. The molecule has 206 valence electrons. The number of amides is 1. The van der Waals surface area contributed by atoms with Gasteiger partial charge < -0.3 is 15.4 Å². The number of anilines is 2. The number of carbonyl (C=O) groups excluding carboxylic acids is 2. The topological polar surface area (TPSA) is 79.5 Å². The zero-order valence-corrected chi connectivity index (χ0v) is 24.4. The van der Waals surface area contributed by atoms with E-state index in [2.05, 4.69) is 77.4 Å². The second-order valence-corrected chi connectivity index (χ2v) is 8.39. The Balaban J connectivity index is 0.000000645. The van der Waals surface area contributed by atoms with Gasteiger partial charge in [-0.25, -0.2) is 0 Å². The highest BCUT2D eigenvalue weighted by molar-refractivity contribution is 7.97. The minimum atomic E-state index is -0.0693. The molecular weight excluding hydrogens is 494 g/mol. The van der Waals surface area contributed by atoms with E-state index in [1.54, 1.807) is 43.3 Å². The maximum atomic E-state index is 10.6. The van der Waals surface area contributed by atoms with Crippen LogP contribution in [0.4, 0.5) is 11.4 Å². The summed E-state index contributed by atoms with van der Waals surface area (Å²) >= 11 is 1.73. The first-order valence-corrected chi connectivity index (χ1v) is 13.5. The van der Waals surface area contributed by atoms with Crippen molar-refractivity contribution in [2.45, 2.75) is 45.4 Å². The lowest BCUT2D eigenvalue weighted by Crippen LogP contribution is -2.05. The first-order chi connectivity index (χ1) is 18.5. The summed E-state index contributed by atoms with van der Waals surface area (Å²) in [5.74, 6) is 0.712. The molecule has 3 rings (SSSR count). The molecule has 0 unspecified atom stereocenters. The number of hydrogen-bond acceptors (Lipinski definition) is 6. The number of hydrogen-bond donors (Lipinski definition) is 3. The van der Waals surface area contributed by atoms with Crippen molar-refractivity contribution in [3.63, 3.8) is 0 Å². The van der Waals surface area contributed by atoms with Crippen molar-refractivity contribution in [2.75, 3.05) is 31.3 Å². The van der Waals surface area contributed by atoms with Crippen LogP contribution < -0.4 is 20.1 Å². The summed E-state index contributed by atoms with van der Waals surface area (Å²) in [6, 6.07) is 24.3. The van der Waals surface area contributed by atoms with Gasteiger partial charge in [-0.1, -0.05) is 64.1 Å². The third-order valence-electron chi connectivity index (χ3n) is 4.69. The van der Waals surface area contributed by atoms with E-state index in [0.29, 0.717) is 6.29 Å². The zero-order valence-electron chi connectivity index (χ0n) is 23.5. The van der Waals surface area contributed by atoms with Crippen LogP contribution in [-0.2, 0) is 9.59 Å². The Kier molecular flexibility index (Phi) is 20.5. The second kappa shape index (κ2) is 22.6. The van der Waals surface area contributed by atoms with E-state index in [4.69, 9.17) is 9.53 Å². The van der Waals surface area contributed by atoms with Gasteiger partial charge in [-0.15, -0.1) is 0 Å². The molecule has 0 aliphatic rings. The molecule has 3 aromatic rings. The fraction of sp³-hybridized carbons (Fsp3) is 0.290. The van der Waals surface area contributed by atoms with Crippen molar-refractivity contribution in [1.82, 2.24) is 4.72 Å². The lowest BCUT2D eigenvalue weighted by atomic mass is 10.1. The van der Waals surface area contributed by atoms with Crippen molar-refractivity contribution in [2.24, 2.45) is 0 Å². The van der Waals surface area contributed by atoms with Crippen molar-refractivity contribution >= 4 is 35.5 Å². The Bertz CT molecular complexity index is 1030. The lowest BCUT2D eigenvalue weighted by Gasteiger charge is -2.10. The number of unbranched alkanes of at least 4 members (excludes halogenated alkanes) is 1. The third-order valence-corrected chi connectivity index (χ3v) is 5.62. The van der Waals surface area contributed by atoms with Crippen LogP contribution in [0.15, 0.2) is 90.3 Å². The van der Waals surface area contributed by atoms with Crippen LogP contribution in [0.25, 0.3) is 11.1 Å². The fourth-order valence-corrected chi connectivity index (χ4v) is 3.71. The molecule has 0 radical (unpaired) electrons. The molecule has 0 aromatic heterocycles. The molecule has 0 spiro atoms. The smallest absolute Gasteiger partial charge is 0.221 e. The van der Waals surface area contributed by atoms with E-state index >= 15 is 0 Å². The van der Waals surface area contributed by atoms with Crippen LogP contribution in [0, 0.1) is 0 Å². The second-order valence-electron chi connectivity index (χ2n) is 7.45. The van der Waals surface area contributed by atoms with E-state index < -0.39 is 0 Å². The van der Waals surface area contributed by atoms with Crippen molar-refractivity contribution in [3.8, 4) is 16.9 Å². The molecule has 0 aliphatic carbocycles. The monoisotopic (exact) mass is 537 g/mol. The first-order valence-electron chi connectivity index (χ1n) is 12.7. The molecule has 0 atom stereocenters. The minimum Gasteiger partial charge on any atom is -0.497 e. The van der Waals surface area contributed by atoms with Crippen molar-refractivity contribution < 1.29 is 14.3 Å². The van der Waals surface area contributed by atoms with Crippen molar-refractivity contribution in [3.05, 3.63) is 85.5 Å². The summed E-state index contributed by atoms with van der Waals surface area (Å²) in [6.07, 6.45) is 4.27. The Labute approximate surface area is 233 Å². The first kappa shape index (κ1) is 34.5. The molecule has 0 heterocycles. The van der Waals surface area contributed by atoms with Gasteiger partial charge in [0.05, 0.1) is 7.11 Å². The molecule has 0 bridgehead atoms. The quantitative estimate of drug-likeness (QED) is 0.106. The van der Waals surface area contributed by atoms with Crippen LogP contribution >= 0.6 is 11.9 Å². The van der Waals surface area contributed by atoms with Gasteiger partial charge in [-0.05, 0) is 78.0 Å². The van der Waals surface area contributed by atoms with Crippen molar-refractivity contribution in [1.29, 1.82) is 0 Å². The number of methoxy groups -OCH3 is 1. The molecule has 7 heteroatoms. The van der Waals surface area contributed by atoms with E-state index in [0.717, 1.165) is 23.7 Å². The van der Waals surface area contributed by atoms with Gasteiger partial charge >= 0.3 is 0 Å². The summed E-state index contributed by atoms with van der Waals surface area (Å²) in [7, 11) is 3.55. The Morgan fingerprint density at radius 3 is 2.05 bits per heavy atom. The average Bonchev–Trinajstić information content (AvgIpc) is 2.97. The van der Waals surface area contributed by atoms with Crippen LogP contribution in [0.3, 0.4) is 0 Å². The number of nitrogens with one attached hydrogen (secondary N) is 3. The number of aldehydes is 1. The van der Waals surface area contributed by atoms with Crippen LogP contribution in [-0.4, -0.2) is 32.9 Å². The number of ether oxygens (including phenoxy) is 1. The minimum absolute atomic E-state index is 0.0693. The number of allylic oxidation sites excluding steroid dienone is 1. The summed E-state index contributed by atoms with van der Waals surface area (Å²) in [5.41, 5.74) is 4.46. The van der Waals surface area contributed by atoms with Gasteiger partial charge in [0.2, 0.25) is 5.91 Å². The van der Waals surface area contributed by atoms with E-state index in [1.165, 1.54) is 41.9 Å². The summed E-state index contributed by atoms with van der Waals surface area (Å²) < 4.78 is 8.40. The molecular formula is C31H43N3O3S. The highest BCUT2D eigenvalue weighted by Gasteiger charge is 2.05. The third kappa shape index (κ3) is 14.9. The van der Waals surface area contributed by atoms with E-state index in [-0.39, 0.29) is 5.91 Å². The highest BCUT2D eigenvalue weighted by Crippen LogP contribution is 2.30. The molecule has 1 amide bonds. The summed E-state index contributed by atoms with van der Waals surface area (Å²) in [5, 5.41) is 5.81. The zero-order chi connectivity index (χ0) is 28.6. The molecule has 0 aliphatic heterocycles. The van der Waals surface area contributed by atoms with Crippen LogP contribution in [0.5, 0.6) is 5.75 Å². The number of rotatable bonds is 10. The molecule has 3 N–H and O–H groups in total. The largest absolute Gasteiger partial charge is 0.497 e. The Morgan fingerprint density at radius 1 is 0.974 bits per heavy atom. The number of benzene rings is 3. The standard InChI is InChI=1S/C17H22N2S.C9H11NO2.C3H4O.C2H6/c1-3-4-13-19-20-17-8-6-5-7-16(17)14-9-11-15(18-2)12-10-14;1-7(11)10-8-3-5-9(12-2)6-4-8;1-2-3-4;1-2/h5-12,18-19H,3-4,13H2,1-2H3;3-6H,1-2H3,(H,10,11);2-3H,1H2;1-2H3. The fourth-order valence-electron chi connectivity index (χ4n) is 2.87. The van der Waals surface area contributed by atoms with Gasteiger partial charge in [0.25, 0.3) is 0 Å². The van der Waals surface area contributed by atoms with Crippen LogP contribution in [0.2, 0.25) is 0 Å². The van der Waals surface area contributed by atoms with Crippen LogP contribution in [0.1, 0.15) is 40.5 Å². The van der Waals surface area contributed by atoms with E-state index in [1.807, 2.05) is 20.9 Å². The maximum absolute atomic E-state index is 10.6. The normalized spacial score (nSPS) is 9.11. The van der Waals surface area contributed by atoms with E-state index in [9.17, 15) is 4.79 Å². The summed E-state index contributed by atoms with van der Waals surface area (Å²) in [6.45, 7) is 11.8. The Hall–Kier alpha value is -3.55. The molecule has 0 fully saturated rings. The summed E-state index contributed by atoms with van der Waals surface area (Å²) in [4.78, 5) is 21.0. The van der Waals surface area contributed by atoms with Gasteiger partial charge in [0.1, 0.15) is 12.0 Å².